The van der Waals surface area contributed by atoms with Gasteiger partial charge in [-0.3, -0.25) is 19.3 Å². The zero-order valence-corrected chi connectivity index (χ0v) is 7.32. The molecule has 1 heterocycles. The second-order valence-corrected chi connectivity index (χ2v) is 3.28. The third-order valence-electron chi connectivity index (χ3n) is 1.94. The van der Waals surface area contributed by atoms with E-state index in [4.69, 9.17) is 5.11 Å². The van der Waals surface area contributed by atoms with Crippen LogP contribution in [0.15, 0.2) is 0 Å². The first-order valence-electron chi connectivity index (χ1n) is 4.05. The molecule has 0 unspecified atom stereocenters. The Kier molecular flexibility index (Phi) is 2.65. The highest BCUT2D eigenvalue weighted by Gasteiger charge is 2.31. The summed E-state index contributed by atoms with van der Waals surface area (Å²) in [5, 5.41) is 8.42. The molecule has 5 nitrogen and oxygen atoms in total. The molecule has 2 amide bonds. The molecule has 1 fully saturated rings. The van der Waals surface area contributed by atoms with E-state index in [0.717, 1.165) is 4.90 Å². The summed E-state index contributed by atoms with van der Waals surface area (Å²) in [6.45, 7) is 1.29. The Morgan fingerprint density at radius 1 is 1.46 bits per heavy atom. The van der Waals surface area contributed by atoms with Crippen molar-refractivity contribution in [3.8, 4) is 0 Å². The predicted molar refractivity (Wildman–Crippen MR) is 42.8 cm³/mol. The molecule has 0 aromatic rings. The number of likely N-dealkylation sites (tertiary alicyclic amines) is 1. The number of carboxylic acids is 1. The Hall–Kier alpha value is -1.39. The van der Waals surface area contributed by atoms with Crippen LogP contribution in [0.4, 0.5) is 0 Å². The fraction of sp³-hybridized carbons (Fsp3) is 0.625. The number of imide groups is 1. The molecule has 0 spiro atoms. The van der Waals surface area contributed by atoms with E-state index in [0.29, 0.717) is 0 Å². The summed E-state index contributed by atoms with van der Waals surface area (Å²) < 4.78 is 0. The molecule has 1 rings (SSSR count). The van der Waals surface area contributed by atoms with Crippen LogP contribution >= 0.6 is 0 Å². The molecule has 72 valence electrons. The van der Waals surface area contributed by atoms with Crippen molar-refractivity contribution >= 4 is 17.8 Å². The van der Waals surface area contributed by atoms with Crippen LogP contribution in [0.2, 0.25) is 0 Å². The Balaban J connectivity index is 2.67. The smallest absolute Gasteiger partial charge is 0.323 e. The molecule has 1 saturated heterocycles. The molecule has 0 aromatic heterocycles. The van der Waals surface area contributed by atoms with Crippen molar-refractivity contribution in [3.63, 3.8) is 0 Å². The highest BCUT2D eigenvalue weighted by Crippen LogP contribution is 2.18. The normalized spacial score (nSPS) is 19.3. The first kappa shape index (κ1) is 9.70. The van der Waals surface area contributed by atoms with Gasteiger partial charge in [0.05, 0.1) is 0 Å². The monoisotopic (exact) mass is 185 g/mol. The average molecular weight is 185 g/mol. The molecule has 1 aliphatic rings. The summed E-state index contributed by atoms with van der Waals surface area (Å²) in [5.74, 6) is -1.89. The van der Waals surface area contributed by atoms with Gasteiger partial charge in [-0.15, -0.1) is 0 Å². The lowest BCUT2D eigenvalue weighted by atomic mass is 9.98. The highest BCUT2D eigenvalue weighted by atomic mass is 16.4. The number of rotatable bonds is 2. The molecule has 1 aliphatic heterocycles. The SMILES string of the molecule is CC1CC(=O)N(CC(=O)O)C(=O)C1. The van der Waals surface area contributed by atoms with Gasteiger partial charge in [0.25, 0.3) is 0 Å². The molecular weight excluding hydrogens is 174 g/mol. The lowest BCUT2D eigenvalue weighted by Gasteiger charge is -2.26. The predicted octanol–water partition coefficient (Wildman–Crippen LogP) is -0.144. The maximum atomic E-state index is 11.2. The summed E-state index contributed by atoms with van der Waals surface area (Å²) in [5.41, 5.74) is 0. The number of carboxylic acid groups (broad SMARTS) is 1. The fourth-order valence-electron chi connectivity index (χ4n) is 1.34. The zero-order valence-electron chi connectivity index (χ0n) is 7.32. The van der Waals surface area contributed by atoms with E-state index < -0.39 is 12.5 Å². The summed E-state index contributed by atoms with van der Waals surface area (Å²) >= 11 is 0. The van der Waals surface area contributed by atoms with Gasteiger partial charge in [0.1, 0.15) is 6.54 Å². The van der Waals surface area contributed by atoms with Crippen LogP contribution in [0, 0.1) is 5.92 Å². The molecule has 0 bridgehead atoms. The summed E-state index contributed by atoms with van der Waals surface area (Å²) in [7, 11) is 0. The van der Waals surface area contributed by atoms with Crippen molar-refractivity contribution in [2.45, 2.75) is 19.8 Å². The first-order valence-corrected chi connectivity index (χ1v) is 4.05. The van der Waals surface area contributed by atoms with Crippen molar-refractivity contribution in [2.75, 3.05) is 6.54 Å². The Morgan fingerprint density at radius 2 is 1.92 bits per heavy atom. The number of nitrogens with zero attached hydrogens (tertiary/aromatic N) is 1. The zero-order chi connectivity index (χ0) is 10.0. The third-order valence-corrected chi connectivity index (χ3v) is 1.94. The van der Waals surface area contributed by atoms with Crippen LogP contribution in [-0.2, 0) is 14.4 Å². The van der Waals surface area contributed by atoms with Crippen LogP contribution in [-0.4, -0.2) is 34.3 Å². The number of hydrogen-bond donors (Lipinski definition) is 1. The topological polar surface area (TPSA) is 74.7 Å². The van der Waals surface area contributed by atoms with Crippen LogP contribution < -0.4 is 0 Å². The van der Waals surface area contributed by atoms with Gasteiger partial charge in [-0.05, 0) is 5.92 Å². The number of amides is 2. The van der Waals surface area contributed by atoms with Gasteiger partial charge in [-0.2, -0.15) is 0 Å². The molecule has 0 aromatic carbocycles. The third kappa shape index (κ3) is 2.27. The van der Waals surface area contributed by atoms with Gasteiger partial charge in [0.2, 0.25) is 11.8 Å². The molecule has 0 atom stereocenters. The Labute approximate surface area is 75.3 Å². The van der Waals surface area contributed by atoms with Gasteiger partial charge in [0.15, 0.2) is 0 Å². The maximum absolute atomic E-state index is 11.2. The Bertz CT molecular complexity index is 243. The van der Waals surface area contributed by atoms with Crippen LogP contribution in [0.3, 0.4) is 0 Å². The quantitative estimate of drug-likeness (QED) is 0.607. The molecule has 1 N–H and O–H groups in total. The lowest BCUT2D eigenvalue weighted by Crippen LogP contribution is -2.45. The van der Waals surface area contributed by atoms with Gasteiger partial charge >= 0.3 is 5.97 Å². The lowest BCUT2D eigenvalue weighted by molar-refractivity contribution is -0.156. The van der Waals surface area contributed by atoms with Crippen LogP contribution in [0.1, 0.15) is 19.8 Å². The second kappa shape index (κ2) is 3.55. The van der Waals surface area contributed by atoms with E-state index in [1.165, 1.54) is 0 Å². The molecule has 5 heteroatoms. The maximum Gasteiger partial charge on any atom is 0.323 e. The van der Waals surface area contributed by atoms with Crippen molar-refractivity contribution in [1.82, 2.24) is 4.90 Å². The Morgan fingerprint density at radius 3 is 2.31 bits per heavy atom. The minimum absolute atomic E-state index is 0.0324. The number of aliphatic carboxylic acids is 1. The molecule has 0 aliphatic carbocycles. The van der Waals surface area contributed by atoms with Crippen molar-refractivity contribution < 1.29 is 19.5 Å². The van der Waals surface area contributed by atoms with E-state index in [9.17, 15) is 14.4 Å². The number of carbonyl (C=O) groups is 3. The van der Waals surface area contributed by atoms with E-state index >= 15 is 0 Å². The van der Waals surface area contributed by atoms with E-state index in [2.05, 4.69) is 0 Å². The van der Waals surface area contributed by atoms with Gasteiger partial charge in [-0.1, -0.05) is 6.92 Å². The van der Waals surface area contributed by atoms with E-state index in [1.807, 2.05) is 0 Å². The van der Waals surface area contributed by atoms with Crippen molar-refractivity contribution in [2.24, 2.45) is 5.92 Å². The van der Waals surface area contributed by atoms with Gasteiger partial charge in [-0.25, -0.2) is 0 Å². The van der Waals surface area contributed by atoms with Gasteiger partial charge < -0.3 is 5.11 Å². The molecule has 0 radical (unpaired) electrons. The molecule has 0 saturated carbocycles. The minimum atomic E-state index is -1.16. The van der Waals surface area contributed by atoms with Crippen molar-refractivity contribution in [3.05, 3.63) is 0 Å². The number of carbonyl (C=O) groups excluding carboxylic acids is 2. The largest absolute Gasteiger partial charge is 0.480 e. The van der Waals surface area contributed by atoms with Gasteiger partial charge in [0, 0.05) is 12.8 Å². The second-order valence-electron chi connectivity index (χ2n) is 3.28. The minimum Gasteiger partial charge on any atom is -0.480 e. The molecule has 13 heavy (non-hydrogen) atoms. The standard InChI is InChI=1S/C8H11NO4/c1-5-2-6(10)9(4-8(12)13)7(11)3-5/h5H,2-4H2,1H3,(H,12,13). The van der Waals surface area contributed by atoms with Crippen molar-refractivity contribution in [1.29, 1.82) is 0 Å². The number of hydrogen-bond acceptors (Lipinski definition) is 3. The summed E-state index contributed by atoms with van der Waals surface area (Å²) in [6, 6.07) is 0. The average Bonchev–Trinajstić information content (AvgIpc) is 1.96. The molecular formula is C8H11NO4. The first-order chi connectivity index (χ1) is 6.00. The summed E-state index contributed by atoms with van der Waals surface area (Å²) in [4.78, 5) is 33.5. The fourth-order valence-corrected chi connectivity index (χ4v) is 1.34. The number of piperidine rings is 1. The van der Waals surface area contributed by atoms with E-state index in [1.54, 1.807) is 6.92 Å². The van der Waals surface area contributed by atoms with E-state index in [-0.39, 0.29) is 30.6 Å². The van der Waals surface area contributed by atoms with Crippen LogP contribution in [0.5, 0.6) is 0 Å². The van der Waals surface area contributed by atoms with Crippen LogP contribution in [0.25, 0.3) is 0 Å². The highest BCUT2D eigenvalue weighted by molar-refractivity contribution is 6.00. The summed E-state index contributed by atoms with van der Waals surface area (Å²) in [6.07, 6.45) is 0.526.